The van der Waals surface area contributed by atoms with Gasteiger partial charge in [-0.2, -0.15) is 0 Å². The number of nitrogens with one attached hydrogen (secondary N) is 1. The highest BCUT2D eigenvalue weighted by atomic mass is 16.5. The number of methoxy groups -OCH3 is 1. The van der Waals surface area contributed by atoms with Crippen LogP contribution in [0.4, 0.5) is 0 Å². The van der Waals surface area contributed by atoms with E-state index in [2.05, 4.69) is 12.2 Å². The Balaban J connectivity index is 1.87. The van der Waals surface area contributed by atoms with E-state index in [1.54, 1.807) is 13.2 Å². The van der Waals surface area contributed by atoms with Gasteiger partial charge in [0.05, 0.1) is 7.11 Å². The summed E-state index contributed by atoms with van der Waals surface area (Å²) in [5.41, 5.74) is 0.936. The molecule has 3 nitrogen and oxygen atoms in total. The number of ether oxygens (including phenoxy) is 1. The first-order valence-corrected chi connectivity index (χ1v) is 7.80. The second-order valence-electron chi connectivity index (χ2n) is 5.92. The van der Waals surface area contributed by atoms with Crippen LogP contribution in [0.3, 0.4) is 0 Å². The Morgan fingerprint density at radius 3 is 2.55 bits per heavy atom. The van der Waals surface area contributed by atoms with Gasteiger partial charge in [-0.15, -0.1) is 0 Å². The summed E-state index contributed by atoms with van der Waals surface area (Å²) in [5, 5.41) is 13.5. The van der Waals surface area contributed by atoms with Crippen molar-refractivity contribution < 1.29 is 9.84 Å². The molecular weight excluding hydrogens is 250 g/mol. The van der Waals surface area contributed by atoms with Crippen LogP contribution in [0.1, 0.15) is 51.0 Å². The molecule has 1 fully saturated rings. The van der Waals surface area contributed by atoms with Gasteiger partial charge in [-0.05, 0) is 31.7 Å². The maximum Gasteiger partial charge on any atom is 0.123 e. The summed E-state index contributed by atoms with van der Waals surface area (Å²) >= 11 is 0. The van der Waals surface area contributed by atoms with E-state index in [-0.39, 0.29) is 0 Å². The lowest BCUT2D eigenvalue weighted by molar-refractivity contribution is 0.334. The summed E-state index contributed by atoms with van der Waals surface area (Å²) in [6, 6.07) is 6.01. The molecule has 0 saturated heterocycles. The smallest absolute Gasteiger partial charge is 0.123 e. The van der Waals surface area contributed by atoms with Crippen LogP contribution in [0.25, 0.3) is 0 Å². The van der Waals surface area contributed by atoms with Gasteiger partial charge in [-0.1, -0.05) is 31.7 Å². The Hall–Kier alpha value is -1.22. The summed E-state index contributed by atoms with van der Waals surface area (Å²) in [4.78, 5) is 0. The molecule has 1 aliphatic carbocycles. The number of phenolic OH excluding ortho intramolecular Hbond substituents is 1. The Labute approximate surface area is 122 Å². The molecule has 0 aromatic heterocycles. The average molecular weight is 277 g/mol. The van der Waals surface area contributed by atoms with E-state index >= 15 is 0 Å². The van der Waals surface area contributed by atoms with Gasteiger partial charge in [0.2, 0.25) is 0 Å². The topological polar surface area (TPSA) is 41.5 Å². The van der Waals surface area contributed by atoms with Crippen LogP contribution in [-0.4, -0.2) is 18.3 Å². The van der Waals surface area contributed by atoms with Gasteiger partial charge in [0, 0.05) is 24.2 Å². The van der Waals surface area contributed by atoms with Crippen LogP contribution < -0.4 is 10.1 Å². The molecule has 1 saturated carbocycles. The number of aromatic hydroxyl groups is 1. The van der Waals surface area contributed by atoms with Crippen molar-refractivity contribution >= 4 is 0 Å². The predicted molar refractivity (Wildman–Crippen MR) is 82.2 cm³/mol. The quantitative estimate of drug-likeness (QED) is 0.803. The van der Waals surface area contributed by atoms with E-state index in [1.807, 2.05) is 12.1 Å². The van der Waals surface area contributed by atoms with E-state index in [0.717, 1.165) is 11.5 Å². The molecule has 0 bridgehead atoms. The van der Waals surface area contributed by atoms with E-state index in [0.29, 0.717) is 24.1 Å². The zero-order valence-electron chi connectivity index (χ0n) is 12.7. The molecule has 1 aromatic rings. The molecule has 1 atom stereocenters. The number of hydrogen-bond acceptors (Lipinski definition) is 3. The van der Waals surface area contributed by atoms with E-state index in [9.17, 15) is 5.11 Å². The summed E-state index contributed by atoms with van der Waals surface area (Å²) in [5.74, 6) is 1.78. The van der Waals surface area contributed by atoms with Gasteiger partial charge in [0.15, 0.2) is 0 Å². The van der Waals surface area contributed by atoms with Crippen molar-refractivity contribution in [2.75, 3.05) is 7.11 Å². The molecule has 2 rings (SSSR count). The third-order valence-electron chi connectivity index (χ3n) is 4.51. The summed E-state index contributed by atoms with van der Waals surface area (Å²) in [7, 11) is 1.61. The van der Waals surface area contributed by atoms with Crippen LogP contribution in [-0.2, 0) is 6.54 Å². The van der Waals surface area contributed by atoms with Crippen molar-refractivity contribution in [1.29, 1.82) is 0 Å². The molecule has 112 valence electrons. The van der Waals surface area contributed by atoms with Crippen LogP contribution in [0.5, 0.6) is 11.5 Å². The first kappa shape index (κ1) is 15.2. The molecule has 2 N–H and O–H groups in total. The first-order valence-electron chi connectivity index (χ1n) is 7.80. The van der Waals surface area contributed by atoms with E-state index in [4.69, 9.17) is 4.74 Å². The maximum absolute atomic E-state index is 9.97. The van der Waals surface area contributed by atoms with Crippen molar-refractivity contribution in [2.24, 2.45) is 5.92 Å². The van der Waals surface area contributed by atoms with Gasteiger partial charge in [0.1, 0.15) is 11.5 Å². The second-order valence-corrected chi connectivity index (χ2v) is 5.92. The number of hydrogen-bond donors (Lipinski definition) is 2. The zero-order chi connectivity index (χ0) is 14.4. The fourth-order valence-corrected chi connectivity index (χ4v) is 3.07. The minimum absolute atomic E-state index is 0.310. The summed E-state index contributed by atoms with van der Waals surface area (Å²) < 4.78 is 5.10. The van der Waals surface area contributed by atoms with Crippen molar-refractivity contribution in [3.8, 4) is 11.5 Å². The lowest BCUT2D eigenvalue weighted by Gasteiger charge is -2.24. The Kier molecular flexibility index (Phi) is 5.72. The highest BCUT2D eigenvalue weighted by Crippen LogP contribution is 2.27. The molecule has 0 heterocycles. The lowest BCUT2D eigenvalue weighted by atomic mass is 9.93. The first-order chi connectivity index (χ1) is 9.70. The monoisotopic (exact) mass is 277 g/mol. The SMILES string of the molecule is COc1ccc(CN[C@@H](C)C2CCCCCC2)c(O)c1. The molecule has 0 aliphatic heterocycles. The van der Waals surface area contributed by atoms with Crippen LogP contribution >= 0.6 is 0 Å². The van der Waals surface area contributed by atoms with Crippen LogP contribution in [0.15, 0.2) is 18.2 Å². The van der Waals surface area contributed by atoms with Gasteiger partial charge in [-0.3, -0.25) is 0 Å². The second kappa shape index (κ2) is 7.53. The highest BCUT2D eigenvalue weighted by Gasteiger charge is 2.18. The van der Waals surface area contributed by atoms with E-state index < -0.39 is 0 Å². The number of benzene rings is 1. The van der Waals surface area contributed by atoms with Gasteiger partial charge in [0.25, 0.3) is 0 Å². The van der Waals surface area contributed by atoms with Gasteiger partial charge >= 0.3 is 0 Å². The van der Waals surface area contributed by atoms with Gasteiger partial charge in [-0.25, -0.2) is 0 Å². The van der Waals surface area contributed by atoms with Crippen molar-refractivity contribution in [3.63, 3.8) is 0 Å². The van der Waals surface area contributed by atoms with Crippen LogP contribution in [0, 0.1) is 5.92 Å². The molecule has 0 unspecified atom stereocenters. The highest BCUT2D eigenvalue weighted by molar-refractivity contribution is 5.39. The summed E-state index contributed by atoms with van der Waals surface area (Å²) in [6.07, 6.45) is 8.19. The van der Waals surface area contributed by atoms with Crippen molar-refractivity contribution in [2.45, 2.75) is 58.0 Å². The van der Waals surface area contributed by atoms with Crippen molar-refractivity contribution in [1.82, 2.24) is 5.32 Å². The van der Waals surface area contributed by atoms with Gasteiger partial charge < -0.3 is 15.2 Å². The Morgan fingerprint density at radius 2 is 1.95 bits per heavy atom. The summed E-state index contributed by atoms with van der Waals surface area (Å²) in [6.45, 7) is 2.99. The molecule has 20 heavy (non-hydrogen) atoms. The van der Waals surface area contributed by atoms with Crippen LogP contribution in [0.2, 0.25) is 0 Å². The number of rotatable bonds is 5. The third kappa shape index (κ3) is 4.14. The Bertz CT molecular complexity index is 411. The fraction of sp³-hybridized carbons (Fsp3) is 0.647. The molecule has 1 aliphatic rings. The lowest BCUT2D eigenvalue weighted by Crippen LogP contribution is -2.32. The number of phenols is 1. The molecule has 1 aromatic carbocycles. The zero-order valence-corrected chi connectivity index (χ0v) is 12.7. The Morgan fingerprint density at radius 1 is 1.25 bits per heavy atom. The minimum atomic E-state index is 0.310. The third-order valence-corrected chi connectivity index (χ3v) is 4.51. The minimum Gasteiger partial charge on any atom is -0.507 e. The average Bonchev–Trinajstić information content (AvgIpc) is 2.74. The normalized spacial score (nSPS) is 18.5. The maximum atomic E-state index is 9.97. The molecular formula is C17H27NO2. The standard InChI is InChI=1S/C17H27NO2/c1-13(14-7-5-3-4-6-8-14)18-12-15-9-10-16(20-2)11-17(15)19/h9-11,13-14,18-19H,3-8,12H2,1-2H3/t13-/m0/s1. The molecule has 0 amide bonds. The predicted octanol–water partition coefficient (Wildman–Crippen LogP) is 3.85. The van der Waals surface area contributed by atoms with E-state index in [1.165, 1.54) is 38.5 Å². The van der Waals surface area contributed by atoms with Crippen molar-refractivity contribution in [3.05, 3.63) is 23.8 Å². The largest absolute Gasteiger partial charge is 0.507 e. The fourth-order valence-electron chi connectivity index (χ4n) is 3.07. The molecule has 0 spiro atoms. The molecule has 3 heteroatoms. The molecule has 0 radical (unpaired) electrons.